The molecule has 1 aromatic rings. The number of primary amides is 1. The Hall–Kier alpha value is -1.53. The molecular weight excluding hydrogens is 286 g/mol. The number of nitrogens with zero attached hydrogens (tertiary/aromatic N) is 1. The number of nitrogens with one attached hydrogen (secondary N) is 1. The predicted molar refractivity (Wildman–Crippen MR) is 88.6 cm³/mol. The van der Waals surface area contributed by atoms with E-state index >= 15 is 0 Å². The van der Waals surface area contributed by atoms with Gasteiger partial charge in [0.05, 0.1) is 0 Å². The molecule has 1 unspecified atom stereocenters. The van der Waals surface area contributed by atoms with E-state index in [4.69, 9.17) is 5.73 Å². The van der Waals surface area contributed by atoms with Crippen LogP contribution in [0, 0.1) is 0 Å². The van der Waals surface area contributed by atoms with Gasteiger partial charge in [0, 0.05) is 23.1 Å². The Morgan fingerprint density at radius 1 is 1.48 bits per heavy atom. The molecule has 4 N–H and O–H groups in total. The van der Waals surface area contributed by atoms with Gasteiger partial charge in [0.2, 0.25) is 5.91 Å². The van der Waals surface area contributed by atoms with Gasteiger partial charge in [-0.1, -0.05) is 24.1 Å². The Morgan fingerprint density at radius 2 is 2.14 bits per heavy atom. The highest BCUT2D eigenvalue weighted by molar-refractivity contribution is 7.98. The first-order valence-electron chi connectivity index (χ1n) is 6.81. The minimum Gasteiger partial charge on any atom is -0.507 e. The Kier molecular flexibility index (Phi) is 6.71. The molecule has 116 valence electrons. The summed E-state index contributed by atoms with van der Waals surface area (Å²) in [5, 5.41) is 9.64. The second-order valence-corrected chi connectivity index (χ2v) is 7.37. The van der Waals surface area contributed by atoms with Crippen molar-refractivity contribution in [3.05, 3.63) is 29.8 Å². The van der Waals surface area contributed by atoms with E-state index in [-0.39, 0.29) is 10.5 Å². The zero-order valence-corrected chi connectivity index (χ0v) is 13.5. The van der Waals surface area contributed by atoms with Crippen LogP contribution in [-0.4, -0.2) is 34.6 Å². The molecule has 0 aliphatic carbocycles. The summed E-state index contributed by atoms with van der Waals surface area (Å²) in [5.74, 6) is -0.338. The van der Waals surface area contributed by atoms with Crippen LogP contribution in [0.2, 0.25) is 0 Å². The van der Waals surface area contributed by atoms with Gasteiger partial charge >= 0.3 is 0 Å². The van der Waals surface area contributed by atoms with Crippen molar-refractivity contribution >= 4 is 24.1 Å². The van der Waals surface area contributed by atoms with Crippen LogP contribution in [0.25, 0.3) is 0 Å². The summed E-state index contributed by atoms with van der Waals surface area (Å²) in [7, 11) is 0. The van der Waals surface area contributed by atoms with Crippen LogP contribution in [-0.2, 0) is 4.79 Å². The second kappa shape index (κ2) is 8.05. The standard InChI is InChI=1S/C15H23N3O2S/c1-15(2,3)21-18-9-8-12(14(16)20)17-10-11-6-4-5-7-13(11)19/h4-7,10,12,18-19H,8-9H2,1-3H3,(H2,16,20)/b17-10-. The van der Waals surface area contributed by atoms with Gasteiger partial charge in [0.15, 0.2) is 0 Å². The molecule has 0 spiro atoms. The van der Waals surface area contributed by atoms with Crippen LogP contribution in [0.5, 0.6) is 5.75 Å². The number of aliphatic imine (C=N–C) groups is 1. The molecule has 1 aromatic carbocycles. The second-order valence-electron chi connectivity index (χ2n) is 5.65. The lowest BCUT2D eigenvalue weighted by Crippen LogP contribution is -2.30. The number of phenolic OH excluding ortho intramolecular Hbond substituents is 1. The fourth-order valence-corrected chi connectivity index (χ4v) is 2.17. The normalized spacial score (nSPS) is 13.5. The highest BCUT2D eigenvalue weighted by atomic mass is 32.2. The molecule has 1 atom stereocenters. The van der Waals surface area contributed by atoms with E-state index in [1.54, 1.807) is 36.2 Å². The van der Waals surface area contributed by atoms with E-state index in [0.717, 1.165) is 0 Å². The maximum Gasteiger partial charge on any atom is 0.242 e. The van der Waals surface area contributed by atoms with Gasteiger partial charge in [-0.15, -0.1) is 0 Å². The first-order chi connectivity index (χ1) is 9.79. The van der Waals surface area contributed by atoms with Crippen molar-refractivity contribution in [1.29, 1.82) is 0 Å². The number of hydrogen-bond acceptors (Lipinski definition) is 5. The number of para-hydroxylation sites is 1. The molecule has 0 aromatic heterocycles. The molecule has 6 heteroatoms. The summed E-state index contributed by atoms with van der Waals surface area (Å²) >= 11 is 1.61. The Morgan fingerprint density at radius 3 is 2.71 bits per heavy atom. The van der Waals surface area contributed by atoms with Gasteiger partial charge in [-0.3, -0.25) is 14.5 Å². The van der Waals surface area contributed by atoms with Crippen molar-refractivity contribution in [3.63, 3.8) is 0 Å². The van der Waals surface area contributed by atoms with Crippen molar-refractivity contribution in [3.8, 4) is 5.75 Å². The van der Waals surface area contributed by atoms with Crippen molar-refractivity contribution < 1.29 is 9.90 Å². The summed E-state index contributed by atoms with van der Waals surface area (Å²) in [5.41, 5.74) is 5.93. The van der Waals surface area contributed by atoms with E-state index in [2.05, 4.69) is 30.5 Å². The number of carbonyl (C=O) groups is 1. The van der Waals surface area contributed by atoms with E-state index in [0.29, 0.717) is 18.5 Å². The molecule has 21 heavy (non-hydrogen) atoms. The summed E-state index contributed by atoms with van der Waals surface area (Å²) in [6.45, 7) is 6.94. The minimum absolute atomic E-state index is 0.112. The molecule has 0 heterocycles. The molecule has 0 saturated carbocycles. The molecule has 1 rings (SSSR count). The van der Waals surface area contributed by atoms with E-state index < -0.39 is 11.9 Å². The topological polar surface area (TPSA) is 87.7 Å². The zero-order valence-electron chi connectivity index (χ0n) is 12.7. The molecule has 0 saturated heterocycles. The molecule has 0 bridgehead atoms. The zero-order chi connectivity index (χ0) is 15.9. The third-order valence-electron chi connectivity index (χ3n) is 2.56. The average Bonchev–Trinajstić information content (AvgIpc) is 2.38. The summed E-state index contributed by atoms with van der Waals surface area (Å²) in [6.07, 6.45) is 2.00. The van der Waals surface area contributed by atoms with Crippen LogP contribution in [0.4, 0.5) is 0 Å². The smallest absolute Gasteiger partial charge is 0.242 e. The number of phenols is 1. The fourth-order valence-electron chi connectivity index (χ4n) is 1.52. The van der Waals surface area contributed by atoms with Gasteiger partial charge in [-0.25, -0.2) is 0 Å². The SMILES string of the molecule is CC(C)(C)SNCCC(/N=C\c1ccccc1O)C(N)=O. The lowest BCUT2D eigenvalue weighted by atomic mass is 10.2. The molecule has 5 nitrogen and oxygen atoms in total. The van der Waals surface area contributed by atoms with Crippen LogP contribution < -0.4 is 10.5 Å². The Balaban J connectivity index is 2.55. The number of benzene rings is 1. The van der Waals surface area contributed by atoms with Crippen LogP contribution >= 0.6 is 11.9 Å². The highest BCUT2D eigenvalue weighted by Gasteiger charge is 2.14. The quantitative estimate of drug-likeness (QED) is 0.409. The first kappa shape index (κ1) is 17.5. The maximum atomic E-state index is 11.4. The van der Waals surface area contributed by atoms with Crippen LogP contribution in [0.1, 0.15) is 32.8 Å². The van der Waals surface area contributed by atoms with Gasteiger partial charge in [-0.2, -0.15) is 0 Å². The highest BCUT2D eigenvalue weighted by Crippen LogP contribution is 2.19. The number of rotatable bonds is 7. The maximum absolute atomic E-state index is 11.4. The van der Waals surface area contributed by atoms with Crippen molar-refractivity contribution in [2.24, 2.45) is 10.7 Å². The number of carbonyl (C=O) groups excluding carboxylic acids is 1. The summed E-state index contributed by atoms with van der Waals surface area (Å²) in [6, 6.07) is 6.22. The molecule has 0 radical (unpaired) electrons. The van der Waals surface area contributed by atoms with Gasteiger partial charge in [0.25, 0.3) is 0 Å². The third-order valence-corrected chi connectivity index (χ3v) is 3.52. The van der Waals surface area contributed by atoms with E-state index in [9.17, 15) is 9.90 Å². The van der Waals surface area contributed by atoms with Crippen molar-refractivity contribution in [2.75, 3.05) is 6.54 Å². The Labute approximate surface area is 130 Å². The first-order valence-corrected chi connectivity index (χ1v) is 7.62. The molecule has 0 fully saturated rings. The lowest BCUT2D eigenvalue weighted by Gasteiger charge is -2.18. The number of hydrogen-bond donors (Lipinski definition) is 3. The monoisotopic (exact) mass is 309 g/mol. The predicted octanol–water partition coefficient (Wildman–Crippen LogP) is 2.09. The number of amides is 1. The largest absolute Gasteiger partial charge is 0.507 e. The molecule has 0 aliphatic heterocycles. The number of nitrogens with two attached hydrogens (primary N) is 1. The fraction of sp³-hybridized carbons (Fsp3) is 0.467. The van der Waals surface area contributed by atoms with Crippen molar-refractivity contribution in [1.82, 2.24) is 4.72 Å². The van der Waals surface area contributed by atoms with Gasteiger partial charge in [0.1, 0.15) is 11.8 Å². The Bertz CT molecular complexity index is 498. The molecule has 1 amide bonds. The van der Waals surface area contributed by atoms with Gasteiger partial charge in [-0.05, 0) is 39.3 Å². The number of aromatic hydroxyl groups is 1. The molecular formula is C15H23N3O2S. The van der Waals surface area contributed by atoms with Crippen LogP contribution in [0.3, 0.4) is 0 Å². The third kappa shape index (κ3) is 7.15. The van der Waals surface area contributed by atoms with E-state index in [1.807, 2.05) is 0 Å². The minimum atomic E-state index is -0.599. The molecule has 0 aliphatic rings. The van der Waals surface area contributed by atoms with E-state index in [1.165, 1.54) is 6.21 Å². The van der Waals surface area contributed by atoms with Crippen molar-refractivity contribution in [2.45, 2.75) is 38.0 Å². The van der Waals surface area contributed by atoms with Crippen LogP contribution in [0.15, 0.2) is 29.3 Å². The summed E-state index contributed by atoms with van der Waals surface area (Å²) in [4.78, 5) is 15.6. The average molecular weight is 309 g/mol. The van der Waals surface area contributed by atoms with Gasteiger partial charge < -0.3 is 10.8 Å². The lowest BCUT2D eigenvalue weighted by molar-refractivity contribution is -0.119. The summed E-state index contributed by atoms with van der Waals surface area (Å²) < 4.78 is 3.32.